The second-order valence-electron chi connectivity index (χ2n) is 8.72. The molecule has 0 aliphatic heterocycles. The molecule has 2 aromatic heterocycles. The molecule has 0 bridgehead atoms. The SMILES string of the molecule is Cc1cc(O)c(-c2ccc(C(C)C(C)CN(C)C)c(F)c2)c2c1[nH]c(=O)c1sccc12. The lowest BCUT2D eigenvalue weighted by molar-refractivity contribution is 0.310. The third kappa shape index (κ3) is 3.75. The van der Waals surface area contributed by atoms with Gasteiger partial charge in [0.15, 0.2) is 0 Å². The second-order valence-corrected chi connectivity index (χ2v) is 9.64. The van der Waals surface area contributed by atoms with Gasteiger partial charge in [0.25, 0.3) is 5.56 Å². The minimum atomic E-state index is -0.283. The Morgan fingerprint density at radius 2 is 1.94 bits per heavy atom. The number of nitrogens with one attached hydrogen (secondary N) is 1. The quantitative estimate of drug-likeness (QED) is 0.410. The average Bonchev–Trinajstić information content (AvgIpc) is 3.18. The van der Waals surface area contributed by atoms with Gasteiger partial charge in [-0.05, 0) is 73.1 Å². The number of nitrogens with zero attached hydrogens (tertiary/aromatic N) is 1. The highest BCUT2D eigenvalue weighted by Crippen LogP contribution is 2.42. The Bertz CT molecular complexity index is 1340. The Hall–Kier alpha value is -2.70. The molecule has 0 saturated carbocycles. The van der Waals surface area contributed by atoms with Crippen LogP contribution in [0.15, 0.2) is 40.5 Å². The molecule has 4 nitrogen and oxygen atoms in total. The van der Waals surface area contributed by atoms with Crippen molar-refractivity contribution in [1.29, 1.82) is 0 Å². The van der Waals surface area contributed by atoms with E-state index in [4.69, 9.17) is 0 Å². The number of aromatic amines is 1. The van der Waals surface area contributed by atoms with Crippen molar-refractivity contribution < 1.29 is 9.50 Å². The van der Waals surface area contributed by atoms with Gasteiger partial charge in [-0.25, -0.2) is 4.39 Å². The average molecular weight is 439 g/mol. The number of rotatable bonds is 5. The monoisotopic (exact) mass is 438 g/mol. The molecule has 2 aromatic carbocycles. The molecule has 6 heteroatoms. The molecule has 2 unspecified atom stereocenters. The van der Waals surface area contributed by atoms with E-state index in [1.54, 1.807) is 6.07 Å². The lowest BCUT2D eigenvalue weighted by Gasteiger charge is -2.24. The number of phenolic OH excluding ortho intramolecular Hbond substituents is 1. The predicted octanol–water partition coefficient (Wildman–Crippen LogP) is 5.86. The maximum Gasteiger partial charge on any atom is 0.266 e. The zero-order chi connectivity index (χ0) is 22.4. The summed E-state index contributed by atoms with van der Waals surface area (Å²) in [5.74, 6) is 0.139. The summed E-state index contributed by atoms with van der Waals surface area (Å²) >= 11 is 1.36. The van der Waals surface area contributed by atoms with Crippen LogP contribution in [0.5, 0.6) is 5.75 Å². The van der Waals surface area contributed by atoms with E-state index in [9.17, 15) is 9.90 Å². The van der Waals surface area contributed by atoms with Gasteiger partial charge in [0.05, 0.1) is 5.52 Å². The van der Waals surface area contributed by atoms with Crippen molar-refractivity contribution in [2.45, 2.75) is 26.7 Å². The van der Waals surface area contributed by atoms with E-state index in [0.717, 1.165) is 22.9 Å². The molecule has 2 atom stereocenters. The molecule has 31 heavy (non-hydrogen) atoms. The number of thiophene rings is 1. The molecule has 2 heterocycles. The first-order chi connectivity index (χ1) is 14.7. The van der Waals surface area contributed by atoms with Crippen LogP contribution in [0.4, 0.5) is 4.39 Å². The van der Waals surface area contributed by atoms with Gasteiger partial charge in [-0.15, -0.1) is 11.3 Å². The second kappa shape index (κ2) is 8.09. The van der Waals surface area contributed by atoms with Gasteiger partial charge in [0, 0.05) is 22.9 Å². The van der Waals surface area contributed by atoms with Crippen LogP contribution in [0.1, 0.15) is 30.9 Å². The molecule has 0 saturated heterocycles. The van der Waals surface area contributed by atoms with Gasteiger partial charge in [-0.1, -0.05) is 26.0 Å². The number of phenols is 1. The first kappa shape index (κ1) is 21.5. The summed E-state index contributed by atoms with van der Waals surface area (Å²) in [5.41, 5.74) is 3.09. The number of hydrogen-bond donors (Lipinski definition) is 2. The summed E-state index contributed by atoms with van der Waals surface area (Å²) in [6, 6.07) is 8.70. The number of aryl methyl sites for hydroxylation is 1. The summed E-state index contributed by atoms with van der Waals surface area (Å²) in [5, 5.41) is 14.2. The van der Waals surface area contributed by atoms with Crippen molar-refractivity contribution in [2.75, 3.05) is 20.6 Å². The van der Waals surface area contributed by atoms with E-state index >= 15 is 4.39 Å². The Morgan fingerprint density at radius 1 is 1.19 bits per heavy atom. The standard InChI is InChI=1S/C25H27FN2O2S/c1-13-10-20(29)21(22-18-8-9-31-24(18)25(30)27-23(13)22)16-6-7-17(19(26)11-16)15(3)14(2)12-28(4)5/h6-11,14-15,29H,12H2,1-5H3,(H,27,30). The summed E-state index contributed by atoms with van der Waals surface area (Å²) in [7, 11) is 4.03. The number of hydrogen-bond acceptors (Lipinski definition) is 4. The van der Waals surface area contributed by atoms with E-state index < -0.39 is 0 Å². The summed E-state index contributed by atoms with van der Waals surface area (Å²) < 4.78 is 15.9. The van der Waals surface area contributed by atoms with Gasteiger partial charge in [0.1, 0.15) is 16.3 Å². The van der Waals surface area contributed by atoms with Gasteiger partial charge >= 0.3 is 0 Å². The van der Waals surface area contributed by atoms with E-state index in [0.29, 0.717) is 32.8 Å². The normalized spacial score (nSPS) is 13.9. The lowest BCUT2D eigenvalue weighted by atomic mass is 9.86. The molecule has 0 radical (unpaired) electrons. The molecule has 0 amide bonds. The predicted molar refractivity (Wildman–Crippen MR) is 128 cm³/mol. The minimum absolute atomic E-state index is 0.0553. The molecule has 4 rings (SSSR count). The van der Waals surface area contributed by atoms with Crippen LogP contribution in [-0.4, -0.2) is 35.6 Å². The van der Waals surface area contributed by atoms with Crippen LogP contribution in [0.2, 0.25) is 0 Å². The van der Waals surface area contributed by atoms with E-state index in [2.05, 4.69) is 16.8 Å². The highest BCUT2D eigenvalue weighted by atomic mass is 32.1. The summed E-state index contributed by atoms with van der Waals surface area (Å²) in [6.07, 6.45) is 0. The Morgan fingerprint density at radius 3 is 2.61 bits per heavy atom. The fourth-order valence-electron chi connectivity index (χ4n) is 4.47. The third-order valence-corrected chi connectivity index (χ3v) is 7.08. The first-order valence-electron chi connectivity index (χ1n) is 10.4. The fraction of sp³-hybridized carbons (Fsp3) is 0.320. The van der Waals surface area contributed by atoms with Crippen LogP contribution < -0.4 is 5.56 Å². The van der Waals surface area contributed by atoms with Crippen molar-refractivity contribution in [1.82, 2.24) is 9.88 Å². The highest BCUT2D eigenvalue weighted by molar-refractivity contribution is 7.17. The highest BCUT2D eigenvalue weighted by Gasteiger charge is 2.21. The van der Waals surface area contributed by atoms with Gasteiger partial charge in [-0.3, -0.25) is 4.79 Å². The first-order valence-corrected chi connectivity index (χ1v) is 11.3. The van der Waals surface area contributed by atoms with Crippen LogP contribution in [0, 0.1) is 18.7 Å². The number of H-pyrrole nitrogens is 1. The zero-order valence-corrected chi connectivity index (χ0v) is 19.2. The molecule has 4 aromatic rings. The number of benzene rings is 2. The number of aromatic hydroxyl groups is 1. The fourth-order valence-corrected chi connectivity index (χ4v) is 5.26. The van der Waals surface area contributed by atoms with E-state index in [1.165, 1.54) is 17.4 Å². The lowest BCUT2D eigenvalue weighted by Crippen LogP contribution is -2.23. The molecule has 162 valence electrons. The van der Waals surface area contributed by atoms with E-state index in [-0.39, 0.29) is 23.0 Å². The Labute approximate surface area is 185 Å². The van der Waals surface area contributed by atoms with Crippen LogP contribution in [-0.2, 0) is 0 Å². The van der Waals surface area contributed by atoms with Crippen molar-refractivity contribution in [2.24, 2.45) is 5.92 Å². The largest absolute Gasteiger partial charge is 0.507 e. The smallest absolute Gasteiger partial charge is 0.266 e. The Balaban J connectivity index is 1.91. The van der Waals surface area contributed by atoms with Crippen LogP contribution >= 0.6 is 11.3 Å². The molecule has 0 fully saturated rings. The van der Waals surface area contributed by atoms with Gasteiger partial charge < -0.3 is 15.0 Å². The number of halogens is 1. The number of pyridine rings is 1. The zero-order valence-electron chi connectivity index (χ0n) is 18.4. The molecular weight excluding hydrogens is 411 g/mol. The molecule has 0 aliphatic carbocycles. The van der Waals surface area contributed by atoms with Crippen molar-refractivity contribution in [3.63, 3.8) is 0 Å². The van der Waals surface area contributed by atoms with Gasteiger partial charge in [0.2, 0.25) is 0 Å². The minimum Gasteiger partial charge on any atom is -0.507 e. The van der Waals surface area contributed by atoms with Crippen LogP contribution in [0.3, 0.4) is 0 Å². The van der Waals surface area contributed by atoms with Crippen molar-refractivity contribution in [3.8, 4) is 16.9 Å². The number of fused-ring (bicyclic) bond motifs is 3. The topological polar surface area (TPSA) is 56.3 Å². The maximum atomic E-state index is 15.3. The summed E-state index contributed by atoms with van der Waals surface area (Å²) in [6.45, 7) is 6.89. The Kier molecular flexibility index (Phi) is 5.62. The van der Waals surface area contributed by atoms with Gasteiger partial charge in [-0.2, -0.15) is 0 Å². The van der Waals surface area contributed by atoms with Crippen LogP contribution in [0.25, 0.3) is 32.1 Å². The maximum absolute atomic E-state index is 15.3. The third-order valence-electron chi connectivity index (χ3n) is 6.17. The number of aromatic nitrogens is 1. The van der Waals surface area contributed by atoms with E-state index in [1.807, 2.05) is 51.5 Å². The summed E-state index contributed by atoms with van der Waals surface area (Å²) in [4.78, 5) is 17.5. The molecule has 0 aliphatic rings. The molecule has 2 N–H and O–H groups in total. The molecular formula is C25H27FN2O2S. The van der Waals surface area contributed by atoms with Crippen molar-refractivity contribution in [3.05, 3.63) is 63.0 Å². The van der Waals surface area contributed by atoms with Crippen molar-refractivity contribution >= 4 is 32.3 Å². The molecule has 0 spiro atoms.